The number of aromatic nitrogens is 3. The molecular formula is C17H16N4O2. The van der Waals surface area contributed by atoms with Crippen LogP contribution in [0.4, 0.5) is 0 Å². The van der Waals surface area contributed by atoms with Crippen molar-refractivity contribution in [2.24, 2.45) is 5.73 Å². The fraction of sp³-hybridized carbons (Fsp3) is 0.118. The van der Waals surface area contributed by atoms with Gasteiger partial charge in [0.2, 0.25) is 0 Å². The summed E-state index contributed by atoms with van der Waals surface area (Å²) in [6.07, 6.45) is 0. The maximum Gasteiger partial charge on any atom is 0.271 e. The number of amides is 1. The largest absolute Gasteiger partial charge is 0.489 e. The Hall–Kier alpha value is -3.15. The summed E-state index contributed by atoms with van der Waals surface area (Å²) in [4.78, 5) is 11.3. The van der Waals surface area contributed by atoms with Crippen LogP contribution in [0.1, 0.15) is 21.6 Å². The molecule has 3 N–H and O–H groups in total. The van der Waals surface area contributed by atoms with Gasteiger partial charge < -0.3 is 10.5 Å². The van der Waals surface area contributed by atoms with Crippen molar-refractivity contribution in [3.63, 3.8) is 0 Å². The summed E-state index contributed by atoms with van der Waals surface area (Å²) in [5, 5.41) is 10.1. The Morgan fingerprint density at radius 2 is 1.96 bits per heavy atom. The van der Waals surface area contributed by atoms with Crippen molar-refractivity contribution >= 4 is 5.91 Å². The number of ether oxygens (including phenoxy) is 1. The Kier molecular flexibility index (Phi) is 4.05. The lowest BCUT2D eigenvalue weighted by Crippen LogP contribution is -2.12. The quantitative estimate of drug-likeness (QED) is 0.757. The highest BCUT2D eigenvalue weighted by atomic mass is 16.5. The molecule has 0 spiro atoms. The van der Waals surface area contributed by atoms with E-state index in [2.05, 4.69) is 21.5 Å². The van der Waals surface area contributed by atoms with E-state index in [1.54, 1.807) is 0 Å². The summed E-state index contributed by atoms with van der Waals surface area (Å²) < 4.78 is 5.76. The minimum absolute atomic E-state index is 0.124. The standard InChI is InChI=1S/C17H16N4O2/c1-11-3-2-4-12(9-11)10-23-14-7-5-13(6-8-14)15-16(17(18)22)20-21-19-15/h2-9H,10H2,1H3,(H2,18,22)(H,19,20,21). The molecule has 0 aliphatic carbocycles. The van der Waals surface area contributed by atoms with E-state index < -0.39 is 5.91 Å². The molecule has 1 heterocycles. The molecule has 0 saturated heterocycles. The van der Waals surface area contributed by atoms with Crippen LogP contribution < -0.4 is 10.5 Å². The van der Waals surface area contributed by atoms with Crippen LogP contribution in [0, 0.1) is 6.92 Å². The number of nitrogens with one attached hydrogen (secondary N) is 1. The fourth-order valence-electron chi connectivity index (χ4n) is 2.28. The van der Waals surface area contributed by atoms with E-state index >= 15 is 0 Å². The van der Waals surface area contributed by atoms with Crippen molar-refractivity contribution in [1.29, 1.82) is 0 Å². The number of benzene rings is 2. The van der Waals surface area contributed by atoms with Gasteiger partial charge in [-0.2, -0.15) is 15.4 Å². The van der Waals surface area contributed by atoms with Gasteiger partial charge in [-0.1, -0.05) is 29.8 Å². The average Bonchev–Trinajstić information content (AvgIpc) is 3.03. The molecule has 6 heteroatoms. The zero-order valence-electron chi connectivity index (χ0n) is 12.6. The monoisotopic (exact) mass is 308 g/mol. The highest BCUT2D eigenvalue weighted by molar-refractivity contribution is 5.96. The van der Waals surface area contributed by atoms with Crippen LogP contribution in [-0.4, -0.2) is 21.3 Å². The summed E-state index contributed by atoms with van der Waals surface area (Å²) >= 11 is 0. The van der Waals surface area contributed by atoms with E-state index in [0.717, 1.165) is 16.9 Å². The third-order valence-electron chi connectivity index (χ3n) is 3.40. The van der Waals surface area contributed by atoms with Crippen LogP contribution in [-0.2, 0) is 6.61 Å². The average molecular weight is 308 g/mol. The lowest BCUT2D eigenvalue weighted by Gasteiger charge is -2.07. The van der Waals surface area contributed by atoms with Gasteiger partial charge in [-0.05, 0) is 36.8 Å². The SMILES string of the molecule is Cc1cccc(COc2ccc(-c3n[nH]nc3C(N)=O)cc2)c1. The molecule has 3 aromatic rings. The zero-order valence-corrected chi connectivity index (χ0v) is 12.6. The molecule has 0 atom stereocenters. The van der Waals surface area contributed by atoms with Gasteiger partial charge in [-0.25, -0.2) is 0 Å². The molecule has 0 unspecified atom stereocenters. The van der Waals surface area contributed by atoms with Crippen LogP contribution in [0.3, 0.4) is 0 Å². The van der Waals surface area contributed by atoms with Crippen molar-refractivity contribution < 1.29 is 9.53 Å². The molecule has 6 nitrogen and oxygen atoms in total. The number of hydrogen-bond acceptors (Lipinski definition) is 4. The van der Waals surface area contributed by atoms with Crippen LogP contribution in [0.15, 0.2) is 48.5 Å². The molecule has 3 rings (SSSR count). The highest BCUT2D eigenvalue weighted by Crippen LogP contribution is 2.23. The van der Waals surface area contributed by atoms with Crippen molar-refractivity contribution in [3.8, 4) is 17.0 Å². The molecule has 2 aromatic carbocycles. The van der Waals surface area contributed by atoms with E-state index in [1.807, 2.05) is 49.4 Å². The van der Waals surface area contributed by atoms with Gasteiger partial charge in [0, 0.05) is 5.56 Å². The second-order valence-corrected chi connectivity index (χ2v) is 5.19. The number of aryl methyl sites for hydroxylation is 1. The number of nitrogens with two attached hydrogens (primary N) is 1. The van der Waals surface area contributed by atoms with E-state index in [9.17, 15) is 4.79 Å². The Labute approximate surface area is 133 Å². The molecule has 23 heavy (non-hydrogen) atoms. The maximum atomic E-state index is 11.3. The van der Waals surface area contributed by atoms with Gasteiger partial charge in [0.1, 0.15) is 18.1 Å². The van der Waals surface area contributed by atoms with Gasteiger partial charge >= 0.3 is 0 Å². The van der Waals surface area contributed by atoms with Crippen molar-refractivity contribution in [1.82, 2.24) is 15.4 Å². The number of primary amides is 1. The summed E-state index contributed by atoms with van der Waals surface area (Å²) in [5.74, 6) is 0.118. The van der Waals surface area contributed by atoms with Crippen molar-refractivity contribution in [3.05, 3.63) is 65.4 Å². The van der Waals surface area contributed by atoms with E-state index in [-0.39, 0.29) is 5.69 Å². The summed E-state index contributed by atoms with van der Waals surface area (Å²) in [6.45, 7) is 2.55. The molecule has 0 radical (unpaired) electrons. The molecule has 0 bridgehead atoms. The second kappa shape index (κ2) is 6.31. The van der Waals surface area contributed by atoms with Gasteiger partial charge in [0.15, 0.2) is 5.69 Å². The lowest BCUT2D eigenvalue weighted by molar-refractivity contribution is 0.0996. The molecule has 1 amide bonds. The lowest BCUT2D eigenvalue weighted by atomic mass is 10.1. The number of carbonyl (C=O) groups excluding carboxylic acids is 1. The Morgan fingerprint density at radius 3 is 2.65 bits per heavy atom. The van der Waals surface area contributed by atoms with Crippen LogP contribution >= 0.6 is 0 Å². The molecule has 0 saturated carbocycles. The number of rotatable bonds is 5. The molecule has 0 fully saturated rings. The number of nitrogens with zero attached hydrogens (tertiary/aromatic N) is 2. The van der Waals surface area contributed by atoms with Crippen LogP contribution in [0.25, 0.3) is 11.3 Å². The predicted molar refractivity (Wildman–Crippen MR) is 85.8 cm³/mol. The topological polar surface area (TPSA) is 93.9 Å². The first-order chi connectivity index (χ1) is 11.1. The fourth-order valence-corrected chi connectivity index (χ4v) is 2.28. The molecule has 1 aromatic heterocycles. The zero-order chi connectivity index (χ0) is 16.2. The van der Waals surface area contributed by atoms with E-state index in [1.165, 1.54) is 5.56 Å². The maximum absolute atomic E-state index is 11.3. The second-order valence-electron chi connectivity index (χ2n) is 5.19. The van der Waals surface area contributed by atoms with Crippen LogP contribution in [0.2, 0.25) is 0 Å². The molecular weight excluding hydrogens is 292 g/mol. The Morgan fingerprint density at radius 1 is 1.17 bits per heavy atom. The minimum atomic E-state index is -0.617. The first-order valence-electron chi connectivity index (χ1n) is 7.13. The molecule has 0 aliphatic heterocycles. The van der Waals surface area contributed by atoms with Crippen LogP contribution in [0.5, 0.6) is 5.75 Å². The van der Waals surface area contributed by atoms with Gasteiger partial charge in [0.05, 0.1) is 0 Å². The Balaban J connectivity index is 1.72. The number of hydrogen-bond donors (Lipinski definition) is 2. The smallest absolute Gasteiger partial charge is 0.271 e. The summed E-state index contributed by atoms with van der Waals surface area (Å²) in [7, 11) is 0. The van der Waals surface area contributed by atoms with Gasteiger partial charge in [-0.3, -0.25) is 4.79 Å². The minimum Gasteiger partial charge on any atom is -0.489 e. The summed E-state index contributed by atoms with van der Waals surface area (Å²) in [6, 6.07) is 15.4. The highest BCUT2D eigenvalue weighted by Gasteiger charge is 2.14. The molecule has 116 valence electrons. The van der Waals surface area contributed by atoms with E-state index in [4.69, 9.17) is 10.5 Å². The van der Waals surface area contributed by atoms with Gasteiger partial charge in [-0.15, -0.1) is 0 Å². The third kappa shape index (κ3) is 3.37. The molecule has 0 aliphatic rings. The number of carbonyl (C=O) groups is 1. The van der Waals surface area contributed by atoms with Gasteiger partial charge in [0.25, 0.3) is 5.91 Å². The van der Waals surface area contributed by atoms with E-state index in [0.29, 0.717) is 12.3 Å². The van der Waals surface area contributed by atoms with Crippen molar-refractivity contribution in [2.75, 3.05) is 0 Å². The number of H-pyrrole nitrogens is 1. The Bertz CT molecular complexity index is 825. The number of aromatic amines is 1. The third-order valence-corrected chi connectivity index (χ3v) is 3.40. The first-order valence-corrected chi connectivity index (χ1v) is 7.13. The van der Waals surface area contributed by atoms with Crippen molar-refractivity contribution in [2.45, 2.75) is 13.5 Å². The first kappa shape index (κ1) is 14.8. The summed E-state index contributed by atoms with van der Waals surface area (Å²) in [5.41, 5.74) is 8.88. The predicted octanol–water partition coefficient (Wildman–Crippen LogP) is 2.46. The normalized spacial score (nSPS) is 10.5.